The number of hydrogen-bond acceptors (Lipinski definition) is 4. The minimum absolute atomic E-state index is 0.164. The number of alkyl halides is 3. The number of amides is 2. The Kier molecular flexibility index (Phi) is 11.9. The van der Waals surface area contributed by atoms with Gasteiger partial charge in [-0.3, -0.25) is 0 Å². The number of aliphatic imine (C=N–C) groups is 3. The number of thioether (sulfide) groups is 1. The predicted octanol–water partition coefficient (Wildman–Crippen LogP) is 8.05. The second kappa shape index (κ2) is 15.8. The number of para-hydroxylation sites is 1. The molecule has 0 saturated carbocycles. The quantitative estimate of drug-likeness (QED) is 0.170. The molecule has 1 fully saturated rings. The second-order valence-electron chi connectivity index (χ2n) is 11.5. The van der Waals surface area contributed by atoms with E-state index in [1.54, 1.807) is 11.8 Å². The van der Waals surface area contributed by atoms with Crippen molar-refractivity contribution in [3.05, 3.63) is 89.5 Å². The Hall–Kier alpha value is -4.32. The van der Waals surface area contributed by atoms with Crippen LogP contribution in [0.4, 0.5) is 29.3 Å². The fraction of sp³-hybridized carbons (Fsp3) is 0.353. The molecule has 8 nitrogen and oxygen atoms in total. The van der Waals surface area contributed by atoms with Crippen molar-refractivity contribution in [2.75, 3.05) is 17.2 Å². The van der Waals surface area contributed by atoms with Gasteiger partial charge in [-0.15, -0.1) is 13.2 Å². The van der Waals surface area contributed by atoms with E-state index in [2.05, 4.69) is 69.8 Å². The van der Waals surface area contributed by atoms with Crippen molar-refractivity contribution >= 4 is 46.5 Å². The molecule has 3 N–H and O–H groups in total. The van der Waals surface area contributed by atoms with E-state index in [4.69, 9.17) is 5.73 Å². The number of urea groups is 1. The molecule has 46 heavy (non-hydrogen) atoms. The third-order valence-corrected chi connectivity index (χ3v) is 8.32. The topological polar surface area (TPSA) is 105 Å². The summed E-state index contributed by atoms with van der Waals surface area (Å²) >= 11 is 1.61. The van der Waals surface area contributed by atoms with E-state index in [9.17, 15) is 18.0 Å². The van der Waals surface area contributed by atoms with Gasteiger partial charge >= 0.3 is 12.4 Å². The molecule has 0 radical (unpaired) electrons. The van der Waals surface area contributed by atoms with E-state index in [-0.39, 0.29) is 29.6 Å². The van der Waals surface area contributed by atoms with Crippen molar-refractivity contribution in [1.82, 2.24) is 5.32 Å². The molecule has 1 aliphatic heterocycles. The van der Waals surface area contributed by atoms with Gasteiger partial charge in [-0.2, -0.15) is 4.99 Å². The molecule has 12 heteroatoms. The smallest absolute Gasteiger partial charge is 0.406 e. The molecular formula is C34H39F3N6O2S. The van der Waals surface area contributed by atoms with E-state index in [0.29, 0.717) is 23.7 Å². The van der Waals surface area contributed by atoms with Gasteiger partial charge in [-0.1, -0.05) is 75.0 Å². The molecule has 0 aliphatic carbocycles. The van der Waals surface area contributed by atoms with E-state index in [1.165, 1.54) is 36.2 Å². The highest BCUT2D eigenvalue weighted by molar-refractivity contribution is 8.14. The monoisotopic (exact) mass is 652 g/mol. The Labute approximate surface area is 272 Å². The summed E-state index contributed by atoms with van der Waals surface area (Å²) in [6.45, 7) is 9.06. The van der Waals surface area contributed by atoms with Gasteiger partial charge in [0.25, 0.3) is 0 Å². The summed E-state index contributed by atoms with van der Waals surface area (Å²) in [5.41, 5.74) is 10.6. The van der Waals surface area contributed by atoms with Gasteiger partial charge in [-0.25, -0.2) is 14.8 Å². The first-order chi connectivity index (χ1) is 21.9. The molecule has 3 aromatic carbocycles. The summed E-state index contributed by atoms with van der Waals surface area (Å²) < 4.78 is 40.8. The van der Waals surface area contributed by atoms with E-state index in [0.717, 1.165) is 35.0 Å². The Morgan fingerprint density at radius 2 is 1.78 bits per heavy atom. The molecule has 1 saturated heterocycles. The number of hydrogen-bond donors (Lipinski definition) is 2. The number of halogens is 3. The Morgan fingerprint density at radius 1 is 1.09 bits per heavy atom. The number of benzene rings is 3. The van der Waals surface area contributed by atoms with Gasteiger partial charge < -0.3 is 20.7 Å². The van der Waals surface area contributed by atoms with Crippen LogP contribution in [0.15, 0.2) is 87.8 Å². The minimum atomic E-state index is -4.75. The Balaban J connectivity index is 1.30. The van der Waals surface area contributed by atoms with Crippen molar-refractivity contribution < 1.29 is 22.7 Å². The molecule has 1 heterocycles. The molecule has 2 atom stereocenters. The lowest BCUT2D eigenvalue weighted by molar-refractivity contribution is -0.274. The summed E-state index contributed by atoms with van der Waals surface area (Å²) in [4.78, 5) is 27.8. The Bertz CT molecular complexity index is 1560. The lowest BCUT2D eigenvalue weighted by Crippen LogP contribution is -2.43. The summed E-state index contributed by atoms with van der Waals surface area (Å²) in [7, 11) is 0. The van der Waals surface area contributed by atoms with Crippen LogP contribution in [0.5, 0.6) is 5.75 Å². The maximum Gasteiger partial charge on any atom is 0.573 e. The van der Waals surface area contributed by atoms with Gasteiger partial charge in [0, 0.05) is 29.6 Å². The van der Waals surface area contributed by atoms with Crippen molar-refractivity contribution in [2.45, 2.75) is 58.9 Å². The van der Waals surface area contributed by atoms with Gasteiger partial charge in [0.1, 0.15) is 17.9 Å². The first kappa shape index (κ1) is 34.6. The van der Waals surface area contributed by atoms with Gasteiger partial charge in [0.2, 0.25) is 0 Å². The number of nitrogens with one attached hydrogen (secondary N) is 1. The van der Waals surface area contributed by atoms with Crippen LogP contribution < -0.4 is 20.7 Å². The van der Waals surface area contributed by atoms with Crippen LogP contribution in [0.2, 0.25) is 0 Å². The molecule has 2 amide bonds. The van der Waals surface area contributed by atoms with Gasteiger partial charge in [0.05, 0.1) is 5.69 Å². The number of anilines is 1. The van der Waals surface area contributed by atoms with Crippen LogP contribution in [-0.4, -0.2) is 48.1 Å². The van der Waals surface area contributed by atoms with Crippen LogP contribution in [-0.2, 0) is 6.42 Å². The number of ether oxygens (including phenoxy) is 1. The van der Waals surface area contributed by atoms with Gasteiger partial charge in [0.15, 0.2) is 5.17 Å². The summed E-state index contributed by atoms with van der Waals surface area (Å²) in [5, 5.41) is 3.70. The van der Waals surface area contributed by atoms with Crippen LogP contribution >= 0.6 is 11.8 Å². The largest absolute Gasteiger partial charge is 0.573 e. The molecule has 0 aromatic heterocycles. The van der Waals surface area contributed by atoms with Crippen molar-refractivity contribution in [3.8, 4) is 5.75 Å². The summed E-state index contributed by atoms with van der Waals surface area (Å²) in [6.07, 6.45) is -1.76. The molecule has 3 aromatic rings. The average molecular weight is 653 g/mol. The molecule has 1 aliphatic rings. The predicted molar refractivity (Wildman–Crippen MR) is 182 cm³/mol. The highest BCUT2D eigenvalue weighted by Gasteiger charge is 2.31. The first-order valence-corrected chi connectivity index (χ1v) is 16.1. The van der Waals surface area contributed by atoms with Crippen LogP contribution in [0.3, 0.4) is 0 Å². The van der Waals surface area contributed by atoms with Crippen molar-refractivity contribution in [3.63, 3.8) is 0 Å². The maximum atomic E-state index is 12.9. The summed E-state index contributed by atoms with van der Waals surface area (Å²) in [5.74, 6) is 1.34. The fourth-order valence-electron chi connectivity index (χ4n) is 4.97. The first-order valence-electron chi connectivity index (χ1n) is 15.1. The number of carbonyl (C=O) groups excluding carboxylic acids is 1. The average Bonchev–Trinajstić information content (AvgIpc) is 3.00. The van der Waals surface area contributed by atoms with Crippen molar-refractivity contribution in [1.29, 1.82) is 0 Å². The second-order valence-corrected chi connectivity index (χ2v) is 12.5. The molecule has 4 rings (SSSR count). The molecule has 0 spiro atoms. The third-order valence-electron chi connectivity index (χ3n) is 7.34. The lowest BCUT2D eigenvalue weighted by Gasteiger charge is -2.37. The fourth-order valence-corrected chi connectivity index (χ4v) is 6.18. The van der Waals surface area contributed by atoms with E-state index in [1.807, 2.05) is 36.4 Å². The number of nitrogens with two attached hydrogens (primary N) is 1. The summed E-state index contributed by atoms with van der Waals surface area (Å²) in [6, 6.07) is 20.9. The molecular weight excluding hydrogens is 613 g/mol. The highest BCUT2D eigenvalue weighted by Crippen LogP contribution is 2.34. The van der Waals surface area contributed by atoms with Crippen LogP contribution in [0.25, 0.3) is 0 Å². The maximum absolute atomic E-state index is 12.9. The normalized spacial score (nSPS) is 17.5. The number of carbonyl (C=O) groups is 1. The zero-order chi connectivity index (χ0) is 33.3. The minimum Gasteiger partial charge on any atom is -0.406 e. The molecule has 244 valence electrons. The standard InChI is InChI=1S/C34H39F3N6O2S/c1-22(2)29-7-5-6-8-30(29)43-24(4)17-18-46-33(43)42-32(44)39-20-23(3)19-25-9-11-26(12-10-25)31(38)41-21-40-27-13-15-28(16-14-27)45-34(35,36)37/h5-16,21-24H,17-20H2,1-4H3,(H,39,44)(H2,38,40,41)/b42-33-. The van der Waals surface area contributed by atoms with Crippen molar-refractivity contribution in [2.24, 2.45) is 26.6 Å². The van der Waals surface area contributed by atoms with Crippen LogP contribution in [0, 0.1) is 5.92 Å². The molecule has 0 bridgehead atoms. The lowest BCUT2D eigenvalue weighted by atomic mass is 9.99. The van der Waals surface area contributed by atoms with Gasteiger partial charge in [-0.05, 0) is 73.1 Å². The zero-order valence-corrected chi connectivity index (χ0v) is 27.1. The zero-order valence-electron chi connectivity index (χ0n) is 26.3. The van der Waals surface area contributed by atoms with E-state index < -0.39 is 6.36 Å². The Morgan fingerprint density at radius 3 is 2.46 bits per heavy atom. The van der Waals surface area contributed by atoms with E-state index >= 15 is 0 Å². The SMILES string of the molecule is CC(CNC(=O)/N=C1\SCCC(C)N1c1ccccc1C(C)C)Cc1ccc(C(N)=NC=Nc2ccc(OC(F)(F)F)cc2)cc1. The third kappa shape index (κ3) is 10.1. The number of nitrogens with zero attached hydrogens (tertiary/aromatic N) is 4. The molecule has 2 unspecified atom stereocenters. The number of amidine groups is 2. The highest BCUT2D eigenvalue weighted by atomic mass is 32.2. The van der Waals surface area contributed by atoms with Crippen LogP contribution in [0.1, 0.15) is 56.7 Å². The number of rotatable bonds is 10.